The summed E-state index contributed by atoms with van der Waals surface area (Å²) in [5, 5.41) is 7.37. The van der Waals surface area contributed by atoms with E-state index in [1.54, 1.807) is 0 Å². The molecule has 0 aliphatic carbocycles. The number of hydrogen-bond donors (Lipinski definition) is 0. The SMILES string of the molecule is CC(C)(C)c1ccc(-c2sc(-c3ccc(C(C)(C)C)cc3)c3c4ccncc4c4cnccc4c23)cc1. The molecular formula is C34H32N2S. The summed E-state index contributed by atoms with van der Waals surface area (Å²) >= 11 is 1.89. The molecule has 0 bridgehead atoms. The highest BCUT2D eigenvalue weighted by atomic mass is 32.1. The van der Waals surface area contributed by atoms with Gasteiger partial charge >= 0.3 is 0 Å². The smallest absolute Gasteiger partial charge is 0.0434 e. The Bertz CT molecular complexity index is 1630. The lowest BCUT2D eigenvalue weighted by Gasteiger charge is -2.19. The summed E-state index contributed by atoms with van der Waals surface area (Å²) < 4.78 is 0. The molecule has 37 heavy (non-hydrogen) atoms. The summed E-state index contributed by atoms with van der Waals surface area (Å²) in [6.07, 6.45) is 7.79. The fourth-order valence-corrected chi connectivity index (χ4v) is 6.59. The molecule has 0 radical (unpaired) electrons. The molecule has 0 saturated carbocycles. The topological polar surface area (TPSA) is 25.8 Å². The fourth-order valence-electron chi connectivity index (χ4n) is 5.25. The van der Waals surface area contributed by atoms with Gasteiger partial charge in [-0.05, 0) is 56.0 Å². The first kappa shape index (κ1) is 23.8. The van der Waals surface area contributed by atoms with Crippen molar-refractivity contribution in [1.29, 1.82) is 0 Å². The van der Waals surface area contributed by atoms with E-state index in [1.807, 2.05) is 36.1 Å². The van der Waals surface area contributed by atoms with Crippen LogP contribution in [0.15, 0.2) is 85.5 Å². The molecule has 3 heteroatoms. The highest BCUT2D eigenvalue weighted by Gasteiger charge is 2.22. The third kappa shape index (κ3) is 4.02. The number of aromatic nitrogens is 2. The normalized spacial score (nSPS) is 12.6. The molecule has 0 atom stereocenters. The predicted molar refractivity (Wildman–Crippen MR) is 161 cm³/mol. The Morgan fingerprint density at radius 2 is 0.865 bits per heavy atom. The minimum absolute atomic E-state index is 0.123. The van der Waals surface area contributed by atoms with Crippen LogP contribution in [-0.2, 0) is 10.8 Å². The maximum absolute atomic E-state index is 4.48. The van der Waals surface area contributed by atoms with Crippen LogP contribution in [0.25, 0.3) is 53.2 Å². The van der Waals surface area contributed by atoms with Crippen LogP contribution >= 0.6 is 11.3 Å². The molecular weight excluding hydrogens is 468 g/mol. The lowest BCUT2D eigenvalue weighted by Crippen LogP contribution is -2.10. The maximum Gasteiger partial charge on any atom is 0.0434 e. The van der Waals surface area contributed by atoms with Gasteiger partial charge in [-0.25, -0.2) is 0 Å². The highest BCUT2D eigenvalue weighted by molar-refractivity contribution is 7.21. The van der Waals surface area contributed by atoms with Gasteiger partial charge in [0, 0.05) is 56.1 Å². The van der Waals surface area contributed by atoms with Crippen LogP contribution in [0.3, 0.4) is 0 Å². The Morgan fingerprint density at radius 1 is 0.486 bits per heavy atom. The zero-order chi connectivity index (χ0) is 25.9. The van der Waals surface area contributed by atoms with Crippen LogP contribution in [0.4, 0.5) is 0 Å². The van der Waals surface area contributed by atoms with Gasteiger partial charge in [-0.15, -0.1) is 11.3 Å². The molecule has 3 aromatic heterocycles. The van der Waals surface area contributed by atoms with Crippen molar-refractivity contribution in [2.24, 2.45) is 0 Å². The molecule has 0 aliphatic heterocycles. The number of nitrogens with zero attached hydrogens (tertiary/aromatic N) is 2. The highest BCUT2D eigenvalue weighted by Crippen LogP contribution is 2.50. The van der Waals surface area contributed by atoms with Crippen molar-refractivity contribution in [3.05, 3.63) is 96.6 Å². The number of pyridine rings is 2. The van der Waals surface area contributed by atoms with Crippen LogP contribution in [0, 0.1) is 0 Å². The van der Waals surface area contributed by atoms with Crippen LogP contribution in [0.5, 0.6) is 0 Å². The van der Waals surface area contributed by atoms with Gasteiger partial charge in [-0.3, -0.25) is 9.97 Å². The minimum Gasteiger partial charge on any atom is -0.264 e. The average Bonchev–Trinajstić information content (AvgIpc) is 3.29. The third-order valence-corrected chi connectivity index (χ3v) is 8.69. The Morgan fingerprint density at radius 3 is 1.22 bits per heavy atom. The fraction of sp³-hybridized carbons (Fsp3) is 0.235. The van der Waals surface area contributed by atoms with Gasteiger partial charge in [0.1, 0.15) is 0 Å². The monoisotopic (exact) mass is 500 g/mol. The summed E-state index contributed by atoms with van der Waals surface area (Å²) in [5.74, 6) is 0. The zero-order valence-electron chi connectivity index (χ0n) is 22.4. The molecule has 0 aliphatic rings. The lowest BCUT2D eigenvalue weighted by atomic mass is 9.86. The molecule has 3 heterocycles. The van der Waals surface area contributed by atoms with Crippen molar-refractivity contribution in [2.75, 3.05) is 0 Å². The van der Waals surface area contributed by atoms with Gasteiger partial charge in [0.05, 0.1) is 0 Å². The second-order valence-electron chi connectivity index (χ2n) is 12.0. The largest absolute Gasteiger partial charge is 0.264 e. The Kier molecular flexibility index (Phi) is 5.47. The molecule has 3 aromatic carbocycles. The molecule has 184 valence electrons. The lowest BCUT2D eigenvalue weighted by molar-refractivity contribution is 0.590. The number of fused-ring (bicyclic) bond motifs is 6. The quantitative estimate of drug-likeness (QED) is 0.221. The van der Waals surface area contributed by atoms with Crippen molar-refractivity contribution in [3.8, 4) is 20.9 Å². The van der Waals surface area contributed by atoms with Crippen molar-refractivity contribution in [1.82, 2.24) is 9.97 Å². The average molecular weight is 501 g/mol. The first-order chi connectivity index (χ1) is 17.6. The summed E-state index contributed by atoms with van der Waals surface area (Å²) in [4.78, 5) is 11.6. The van der Waals surface area contributed by atoms with E-state index in [1.165, 1.54) is 53.6 Å². The van der Waals surface area contributed by atoms with Crippen molar-refractivity contribution in [3.63, 3.8) is 0 Å². The molecule has 0 saturated heterocycles. The number of hydrogen-bond acceptors (Lipinski definition) is 3. The number of benzene rings is 3. The van der Waals surface area contributed by atoms with E-state index in [2.05, 4.69) is 112 Å². The van der Waals surface area contributed by atoms with Gasteiger partial charge in [0.25, 0.3) is 0 Å². The zero-order valence-corrected chi connectivity index (χ0v) is 23.2. The van der Waals surface area contributed by atoms with Gasteiger partial charge < -0.3 is 0 Å². The van der Waals surface area contributed by atoms with E-state index >= 15 is 0 Å². The van der Waals surface area contributed by atoms with E-state index in [0.717, 1.165) is 10.8 Å². The van der Waals surface area contributed by atoms with E-state index in [9.17, 15) is 0 Å². The molecule has 2 nitrogen and oxygen atoms in total. The number of thiophene rings is 1. The molecule has 0 N–H and O–H groups in total. The molecule has 0 fully saturated rings. The second kappa shape index (κ2) is 8.49. The van der Waals surface area contributed by atoms with Crippen LogP contribution in [0.2, 0.25) is 0 Å². The first-order valence-electron chi connectivity index (χ1n) is 12.9. The Hall–Kier alpha value is -3.56. The Balaban J connectivity index is 1.71. The predicted octanol–water partition coefficient (Wildman–Crippen LogP) is 9.93. The van der Waals surface area contributed by atoms with Crippen LogP contribution < -0.4 is 0 Å². The van der Waals surface area contributed by atoms with Gasteiger partial charge in [0.15, 0.2) is 0 Å². The first-order valence-corrected chi connectivity index (χ1v) is 13.7. The van der Waals surface area contributed by atoms with Gasteiger partial charge in [0.2, 0.25) is 0 Å². The maximum atomic E-state index is 4.48. The minimum atomic E-state index is 0.123. The molecule has 0 unspecified atom stereocenters. The van der Waals surface area contributed by atoms with E-state index in [-0.39, 0.29) is 10.8 Å². The third-order valence-electron chi connectivity index (χ3n) is 7.41. The Labute approximate surface area is 223 Å². The van der Waals surface area contributed by atoms with Crippen molar-refractivity contribution in [2.45, 2.75) is 52.4 Å². The van der Waals surface area contributed by atoms with Crippen LogP contribution in [0.1, 0.15) is 52.7 Å². The molecule has 0 spiro atoms. The molecule has 6 aromatic rings. The van der Waals surface area contributed by atoms with Gasteiger partial charge in [-0.2, -0.15) is 0 Å². The van der Waals surface area contributed by atoms with E-state index in [4.69, 9.17) is 0 Å². The van der Waals surface area contributed by atoms with Crippen LogP contribution in [-0.4, -0.2) is 9.97 Å². The summed E-state index contributed by atoms with van der Waals surface area (Å²) in [7, 11) is 0. The van der Waals surface area contributed by atoms with Crippen molar-refractivity contribution >= 4 is 43.7 Å². The van der Waals surface area contributed by atoms with E-state index in [0.29, 0.717) is 0 Å². The van der Waals surface area contributed by atoms with E-state index < -0.39 is 0 Å². The second-order valence-corrected chi connectivity index (χ2v) is 13.0. The summed E-state index contributed by atoms with van der Waals surface area (Å²) in [5.41, 5.74) is 5.45. The number of rotatable bonds is 2. The molecule has 6 rings (SSSR count). The molecule has 0 amide bonds. The summed E-state index contributed by atoms with van der Waals surface area (Å²) in [6.45, 7) is 13.6. The van der Waals surface area contributed by atoms with Gasteiger partial charge in [-0.1, -0.05) is 90.1 Å². The summed E-state index contributed by atoms with van der Waals surface area (Å²) in [6, 6.07) is 22.6. The standard InChI is InChI=1S/C34H32N2S/c1-33(2,3)23-11-7-21(8-12-23)31-29-25-15-17-35-19-27(25)28-20-36-18-16-26(28)30(29)32(37-31)22-9-13-24(14-10-22)34(4,5)6/h7-20H,1-6H3. The van der Waals surface area contributed by atoms with Crippen molar-refractivity contribution < 1.29 is 0 Å².